The Bertz CT molecular complexity index is 633. The molecule has 32 heavy (non-hydrogen) atoms. The van der Waals surface area contributed by atoms with Crippen molar-refractivity contribution in [3.63, 3.8) is 0 Å². The minimum atomic E-state index is -0.210. The molecule has 180 valence electrons. The predicted octanol–water partition coefficient (Wildman–Crippen LogP) is 8.77. The Morgan fingerprint density at radius 3 is 1.88 bits per heavy atom. The van der Waals surface area contributed by atoms with E-state index in [1.807, 2.05) is 19.1 Å². The van der Waals surface area contributed by atoms with Gasteiger partial charge in [0.1, 0.15) is 0 Å². The van der Waals surface area contributed by atoms with E-state index in [1.54, 1.807) is 0 Å². The summed E-state index contributed by atoms with van der Waals surface area (Å²) in [6, 6.07) is 8.07. The van der Waals surface area contributed by atoms with Gasteiger partial charge < -0.3 is 4.74 Å². The van der Waals surface area contributed by atoms with Gasteiger partial charge in [-0.15, -0.1) is 0 Å². The van der Waals surface area contributed by atoms with E-state index in [9.17, 15) is 4.79 Å². The lowest BCUT2D eigenvalue weighted by molar-refractivity contribution is 0.0526. The first kappa shape index (κ1) is 25.3. The molecule has 0 N–H and O–H groups in total. The fraction of sp³-hybridized carbons (Fsp3) is 0.767. The van der Waals surface area contributed by atoms with Crippen molar-refractivity contribution in [3.05, 3.63) is 35.4 Å². The van der Waals surface area contributed by atoms with Gasteiger partial charge >= 0.3 is 5.97 Å². The first-order valence-corrected chi connectivity index (χ1v) is 14.0. The van der Waals surface area contributed by atoms with Crippen molar-refractivity contribution in [2.24, 2.45) is 23.7 Å². The van der Waals surface area contributed by atoms with Gasteiger partial charge in [0.25, 0.3) is 0 Å². The van der Waals surface area contributed by atoms with Crippen molar-refractivity contribution in [1.82, 2.24) is 0 Å². The van der Waals surface area contributed by atoms with Crippen molar-refractivity contribution < 1.29 is 9.53 Å². The average Bonchev–Trinajstić information content (AvgIpc) is 2.84. The largest absolute Gasteiger partial charge is 0.462 e. The molecular weight excluding hydrogens is 392 g/mol. The molecule has 1 aromatic carbocycles. The molecular formula is C30H48O2. The summed E-state index contributed by atoms with van der Waals surface area (Å²) in [6.45, 7) is 4.59. The number of carbonyl (C=O) groups is 1. The van der Waals surface area contributed by atoms with Crippen LogP contribution >= 0.6 is 0 Å². The van der Waals surface area contributed by atoms with Crippen LogP contribution in [0.15, 0.2) is 24.3 Å². The number of ether oxygens (including phenoxy) is 1. The molecule has 1 aromatic rings. The van der Waals surface area contributed by atoms with Crippen LogP contribution in [-0.4, -0.2) is 12.6 Å². The molecule has 0 bridgehead atoms. The molecule has 2 aliphatic carbocycles. The highest BCUT2D eigenvalue weighted by Gasteiger charge is 2.30. The summed E-state index contributed by atoms with van der Waals surface area (Å²) in [5, 5.41) is 0. The molecule has 2 heteroatoms. The molecule has 0 radical (unpaired) electrons. The van der Waals surface area contributed by atoms with E-state index in [0.717, 1.165) is 30.1 Å². The molecule has 2 nitrogen and oxygen atoms in total. The Hall–Kier alpha value is -1.31. The Balaban J connectivity index is 1.29. The number of aryl methyl sites for hydroxylation is 1. The van der Waals surface area contributed by atoms with Crippen molar-refractivity contribution in [2.45, 2.75) is 117 Å². The molecule has 0 unspecified atom stereocenters. The lowest BCUT2D eigenvalue weighted by Gasteiger charge is -2.38. The number of benzene rings is 1. The molecule has 2 aliphatic rings. The topological polar surface area (TPSA) is 26.3 Å². The number of hydrogen-bond acceptors (Lipinski definition) is 2. The van der Waals surface area contributed by atoms with E-state index in [2.05, 4.69) is 19.1 Å². The number of hydrogen-bond donors (Lipinski definition) is 0. The van der Waals surface area contributed by atoms with Crippen LogP contribution in [-0.2, 0) is 11.2 Å². The van der Waals surface area contributed by atoms with Crippen LogP contribution in [0.2, 0.25) is 0 Å². The fourth-order valence-corrected chi connectivity index (χ4v) is 6.33. The summed E-state index contributed by atoms with van der Waals surface area (Å²) in [5.74, 6) is 3.77. The van der Waals surface area contributed by atoms with Crippen LogP contribution in [0.4, 0.5) is 0 Å². The summed E-state index contributed by atoms with van der Waals surface area (Å²) >= 11 is 0. The molecule has 0 spiro atoms. The van der Waals surface area contributed by atoms with Crippen LogP contribution in [0.5, 0.6) is 0 Å². The third kappa shape index (κ3) is 8.23. The van der Waals surface area contributed by atoms with E-state index in [-0.39, 0.29) is 5.97 Å². The van der Waals surface area contributed by atoms with E-state index in [1.165, 1.54) is 102 Å². The molecule has 0 amide bonds. The Kier molecular flexibility index (Phi) is 11.1. The summed E-state index contributed by atoms with van der Waals surface area (Å²) in [4.78, 5) is 11.8. The standard InChI is InChI=1S/C30H48O2/c1-3-5-6-7-8-9-24-12-18-27(19-13-24)28-20-14-25(15-21-28)10-11-26-16-22-29(23-17-26)30(31)32-4-2/h16-17,22-25,27-28H,3-15,18-21H2,1-2H3. The van der Waals surface area contributed by atoms with Crippen LogP contribution in [0.3, 0.4) is 0 Å². The van der Waals surface area contributed by atoms with Crippen molar-refractivity contribution in [3.8, 4) is 0 Å². The summed E-state index contributed by atoms with van der Waals surface area (Å²) < 4.78 is 5.08. The Morgan fingerprint density at radius 2 is 1.31 bits per heavy atom. The molecule has 0 saturated heterocycles. The van der Waals surface area contributed by atoms with Crippen molar-refractivity contribution in [2.75, 3.05) is 6.61 Å². The van der Waals surface area contributed by atoms with Gasteiger partial charge in [-0.25, -0.2) is 4.79 Å². The molecule has 2 fully saturated rings. The third-order valence-corrected chi connectivity index (χ3v) is 8.47. The zero-order valence-corrected chi connectivity index (χ0v) is 21.0. The maximum atomic E-state index is 11.8. The first-order valence-electron chi connectivity index (χ1n) is 14.0. The molecule has 0 aromatic heterocycles. The lowest BCUT2D eigenvalue weighted by Crippen LogP contribution is -2.26. The molecule has 0 heterocycles. The second-order valence-corrected chi connectivity index (χ2v) is 10.7. The Labute approximate surface area is 197 Å². The number of rotatable bonds is 12. The SMILES string of the molecule is CCCCCCCC1CCC(C2CCC(CCc3ccc(C(=O)OCC)cc3)CC2)CC1. The molecule has 0 aliphatic heterocycles. The van der Waals surface area contributed by atoms with E-state index in [0.29, 0.717) is 12.2 Å². The van der Waals surface area contributed by atoms with Crippen LogP contribution in [0.1, 0.15) is 126 Å². The number of esters is 1. The highest BCUT2D eigenvalue weighted by Crippen LogP contribution is 2.43. The number of unbranched alkanes of at least 4 members (excludes halogenated alkanes) is 4. The Morgan fingerprint density at radius 1 is 0.750 bits per heavy atom. The van der Waals surface area contributed by atoms with Gasteiger partial charge in [0.05, 0.1) is 12.2 Å². The molecule has 2 saturated carbocycles. The van der Waals surface area contributed by atoms with Crippen molar-refractivity contribution >= 4 is 5.97 Å². The van der Waals surface area contributed by atoms with Gasteiger partial charge in [-0.3, -0.25) is 0 Å². The van der Waals surface area contributed by atoms with E-state index >= 15 is 0 Å². The predicted molar refractivity (Wildman–Crippen MR) is 135 cm³/mol. The minimum absolute atomic E-state index is 0.210. The highest BCUT2D eigenvalue weighted by molar-refractivity contribution is 5.89. The van der Waals surface area contributed by atoms with Gasteiger partial charge in [-0.1, -0.05) is 83.3 Å². The summed E-state index contributed by atoms with van der Waals surface area (Å²) in [7, 11) is 0. The lowest BCUT2D eigenvalue weighted by atomic mass is 9.68. The highest BCUT2D eigenvalue weighted by atomic mass is 16.5. The van der Waals surface area contributed by atoms with Gasteiger partial charge in [0.2, 0.25) is 0 Å². The van der Waals surface area contributed by atoms with Gasteiger partial charge in [0.15, 0.2) is 0 Å². The van der Waals surface area contributed by atoms with E-state index < -0.39 is 0 Å². The normalized spacial score (nSPS) is 26.1. The average molecular weight is 441 g/mol. The minimum Gasteiger partial charge on any atom is -0.462 e. The number of carbonyl (C=O) groups excluding carboxylic acids is 1. The third-order valence-electron chi connectivity index (χ3n) is 8.47. The van der Waals surface area contributed by atoms with Crippen LogP contribution in [0, 0.1) is 23.7 Å². The zero-order valence-electron chi connectivity index (χ0n) is 21.0. The smallest absolute Gasteiger partial charge is 0.338 e. The molecule has 3 rings (SSSR count). The second-order valence-electron chi connectivity index (χ2n) is 10.7. The first-order chi connectivity index (χ1) is 15.7. The van der Waals surface area contributed by atoms with Crippen molar-refractivity contribution in [1.29, 1.82) is 0 Å². The quantitative estimate of drug-likeness (QED) is 0.240. The monoisotopic (exact) mass is 440 g/mol. The molecule has 0 atom stereocenters. The van der Waals surface area contributed by atoms with E-state index in [4.69, 9.17) is 4.74 Å². The van der Waals surface area contributed by atoms with Gasteiger partial charge in [-0.2, -0.15) is 0 Å². The second kappa shape index (κ2) is 14.1. The van der Waals surface area contributed by atoms with Gasteiger partial charge in [-0.05, 0) is 86.8 Å². The fourth-order valence-electron chi connectivity index (χ4n) is 6.33. The van der Waals surface area contributed by atoms with Crippen LogP contribution < -0.4 is 0 Å². The zero-order chi connectivity index (χ0) is 22.6. The summed E-state index contributed by atoms with van der Waals surface area (Å²) in [6.07, 6.45) is 23.0. The maximum Gasteiger partial charge on any atom is 0.338 e. The summed E-state index contributed by atoms with van der Waals surface area (Å²) in [5.41, 5.74) is 2.02. The van der Waals surface area contributed by atoms with Gasteiger partial charge in [0, 0.05) is 0 Å². The maximum absolute atomic E-state index is 11.8. The van der Waals surface area contributed by atoms with Crippen LogP contribution in [0.25, 0.3) is 0 Å².